The van der Waals surface area contributed by atoms with Gasteiger partial charge in [0, 0.05) is 16.6 Å². The third-order valence-corrected chi connectivity index (χ3v) is 3.65. The van der Waals surface area contributed by atoms with Gasteiger partial charge in [0.15, 0.2) is 0 Å². The molecule has 0 saturated carbocycles. The van der Waals surface area contributed by atoms with E-state index in [0.29, 0.717) is 5.56 Å². The number of rotatable bonds is 1. The third-order valence-electron chi connectivity index (χ3n) is 3.65. The van der Waals surface area contributed by atoms with Gasteiger partial charge in [-0.25, -0.2) is 0 Å². The monoisotopic (exact) mass is 249 g/mol. The van der Waals surface area contributed by atoms with Crippen LogP contribution in [-0.2, 0) is 0 Å². The molecule has 0 aliphatic rings. The molecule has 0 saturated heterocycles. The molecule has 0 aliphatic carbocycles. The van der Waals surface area contributed by atoms with E-state index in [1.807, 2.05) is 55.5 Å². The zero-order valence-corrected chi connectivity index (χ0v) is 11.1. The van der Waals surface area contributed by atoms with Gasteiger partial charge < -0.3 is 0 Å². The Bertz CT molecular complexity index is 754. The molecule has 0 radical (unpaired) electrons. The van der Waals surface area contributed by atoms with Crippen molar-refractivity contribution in [3.63, 3.8) is 0 Å². The van der Waals surface area contributed by atoms with E-state index < -0.39 is 0 Å². The van der Waals surface area contributed by atoms with Gasteiger partial charge >= 0.3 is 0 Å². The van der Waals surface area contributed by atoms with Crippen LogP contribution in [0.4, 0.5) is 0 Å². The SMILES string of the molecule is Cc1c(C)n(C(=O)c2ccccc2)c2ccccc12. The molecule has 0 atom stereocenters. The summed E-state index contributed by atoms with van der Waals surface area (Å²) in [5.41, 5.74) is 3.87. The van der Waals surface area contributed by atoms with Crippen molar-refractivity contribution in [2.45, 2.75) is 13.8 Å². The molecule has 1 heterocycles. The number of carbonyl (C=O) groups is 1. The lowest BCUT2D eigenvalue weighted by Crippen LogP contribution is -2.13. The second-order valence-electron chi connectivity index (χ2n) is 4.73. The summed E-state index contributed by atoms with van der Waals surface area (Å²) in [4.78, 5) is 12.7. The molecule has 2 heteroatoms. The van der Waals surface area contributed by atoms with E-state index in [1.54, 1.807) is 4.57 Å². The van der Waals surface area contributed by atoms with Crippen molar-refractivity contribution >= 4 is 16.8 Å². The van der Waals surface area contributed by atoms with E-state index in [1.165, 1.54) is 5.56 Å². The van der Waals surface area contributed by atoms with Crippen LogP contribution < -0.4 is 0 Å². The lowest BCUT2D eigenvalue weighted by atomic mass is 10.2. The highest BCUT2D eigenvalue weighted by Gasteiger charge is 2.16. The number of benzene rings is 2. The second kappa shape index (κ2) is 4.39. The Kier molecular flexibility index (Phi) is 2.71. The quantitative estimate of drug-likeness (QED) is 0.640. The molecule has 0 N–H and O–H groups in total. The average molecular weight is 249 g/mol. The Labute approximate surface area is 112 Å². The van der Waals surface area contributed by atoms with E-state index in [2.05, 4.69) is 13.0 Å². The van der Waals surface area contributed by atoms with Gasteiger partial charge in [-0.3, -0.25) is 9.36 Å². The normalized spacial score (nSPS) is 10.8. The minimum absolute atomic E-state index is 0.0300. The lowest BCUT2D eigenvalue weighted by molar-refractivity contribution is 0.0963. The predicted octanol–water partition coefficient (Wildman–Crippen LogP) is 3.95. The molecule has 2 nitrogen and oxygen atoms in total. The highest BCUT2D eigenvalue weighted by molar-refractivity contribution is 6.03. The fourth-order valence-electron chi connectivity index (χ4n) is 2.50. The number of hydrogen-bond donors (Lipinski definition) is 0. The summed E-state index contributed by atoms with van der Waals surface area (Å²) in [6, 6.07) is 17.4. The van der Waals surface area contributed by atoms with Crippen molar-refractivity contribution in [2.24, 2.45) is 0 Å². The summed E-state index contributed by atoms with van der Waals surface area (Å²) < 4.78 is 1.81. The fourth-order valence-corrected chi connectivity index (χ4v) is 2.50. The second-order valence-corrected chi connectivity index (χ2v) is 4.73. The molecule has 0 spiro atoms. The number of aryl methyl sites for hydroxylation is 1. The maximum atomic E-state index is 12.7. The molecule has 0 bridgehead atoms. The molecule has 0 amide bonds. The molecule has 0 aliphatic heterocycles. The first-order valence-corrected chi connectivity index (χ1v) is 6.36. The Morgan fingerprint density at radius 2 is 1.53 bits per heavy atom. The summed E-state index contributed by atoms with van der Waals surface area (Å²) in [5, 5.41) is 1.14. The van der Waals surface area contributed by atoms with Crippen LogP contribution in [0.2, 0.25) is 0 Å². The van der Waals surface area contributed by atoms with Crippen molar-refractivity contribution < 1.29 is 4.79 Å². The smallest absolute Gasteiger partial charge is 0.262 e. The number of fused-ring (bicyclic) bond motifs is 1. The molecular formula is C17H15NO. The Morgan fingerprint density at radius 1 is 0.895 bits per heavy atom. The van der Waals surface area contributed by atoms with Crippen molar-refractivity contribution in [2.75, 3.05) is 0 Å². The van der Waals surface area contributed by atoms with Crippen LogP contribution in [0.3, 0.4) is 0 Å². The van der Waals surface area contributed by atoms with Crippen LogP contribution >= 0.6 is 0 Å². The zero-order chi connectivity index (χ0) is 13.4. The minimum atomic E-state index is 0.0300. The van der Waals surface area contributed by atoms with Crippen LogP contribution in [0.1, 0.15) is 21.6 Å². The van der Waals surface area contributed by atoms with Crippen molar-refractivity contribution in [3.05, 3.63) is 71.4 Å². The van der Waals surface area contributed by atoms with Gasteiger partial charge in [-0.2, -0.15) is 0 Å². The number of aromatic nitrogens is 1. The lowest BCUT2D eigenvalue weighted by Gasteiger charge is -2.06. The summed E-state index contributed by atoms with van der Waals surface area (Å²) >= 11 is 0. The topological polar surface area (TPSA) is 22.0 Å². The molecule has 3 aromatic rings. The number of carbonyl (C=O) groups excluding carboxylic acids is 1. The molecule has 1 aromatic heterocycles. The number of para-hydroxylation sites is 1. The summed E-state index contributed by atoms with van der Waals surface area (Å²) in [6.45, 7) is 4.06. The van der Waals surface area contributed by atoms with Crippen LogP contribution in [-0.4, -0.2) is 10.5 Å². The van der Waals surface area contributed by atoms with Gasteiger partial charge in [-0.15, -0.1) is 0 Å². The van der Waals surface area contributed by atoms with Crippen molar-refractivity contribution in [1.29, 1.82) is 0 Å². The van der Waals surface area contributed by atoms with Crippen LogP contribution in [0, 0.1) is 13.8 Å². The van der Waals surface area contributed by atoms with Crippen molar-refractivity contribution in [1.82, 2.24) is 4.57 Å². The first-order chi connectivity index (χ1) is 9.20. The van der Waals surface area contributed by atoms with E-state index in [9.17, 15) is 4.79 Å². The predicted molar refractivity (Wildman–Crippen MR) is 77.6 cm³/mol. The Morgan fingerprint density at radius 3 is 2.26 bits per heavy atom. The third kappa shape index (κ3) is 1.76. The highest BCUT2D eigenvalue weighted by atomic mass is 16.2. The molecule has 0 fully saturated rings. The van der Waals surface area contributed by atoms with Crippen molar-refractivity contribution in [3.8, 4) is 0 Å². The van der Waals surface area contributed by atoms with Crippen LogP contribution in [0.25, 0.3) is 10.9 Å². The van der Waals surface area contributed by atoms with Crippen LogP contribution in [0.15, 0.2) is 54.6 Å². The average Bonchev–Trinajstić information content (AvgIpc) is 2.72. The van der Waals surface area contributed by atoms with E-state index >= 15 is 0 Å². The van der Waals surface area contributed by atoms with E-state index in [0.717, 1.165) is 16.6 Å². The highest BCUT2D eigenvalue weighted by Crippen LogP contribution is 2.25. The van der Waals surface area contributed by atoms with Gasteiger partial charge in [0.2, 0.25) is 0 Å². The number of nitrogens with zero attached hydrogens (tertiary/aromatic N) is 1. The minimum Gasteiger partial charge on any atom is -0.280 e. The maximum absolute atomic E-state index is 12.7. The maximum Gasteiger partial charge on any atom is 0.262 e. The number of hydrogen-bond acceptors (Lipinski definition) is 1. The molecule has 19 heavy (non-hydrogen) atoms. The Hall–Kier alpha value is -2.35. The van der Waals surface area contributed by atoms with Gasteiger partial charge in [0.1, 0.15) is 0 Å². The summed E-state index contributed by atoms with van der Waals surface area (Å²) in [5.74, 6) is 0.0300. The van der Waals surface area contributed by atoms with Gasteiger partial charge in [0.05, 0.1) is 5.52 Å². The van der Waals surface area contributed by atoms with E-state index in [4.69, 9.17) is 0 Å². The molecular weight excluding hydrogens is 234 g/mol. The molecule has 0 unspecified atom stereocenters. The molecule has 94 valence electrons. The van der Waals surface area contributed by atoms with Gasteiger partial charge in [-0.05, 0) is 37.6 Å². The van der Waals surface area contributed by atoms with Gasteiger partial charge in [0.25, 0.3) is 5.91 Å². The molecule has 2 aromatic carbocycles. The first kappa shape index (κ1) is 11.7. The largest absolute Gasteiger partial charge is 0.280 e. The van der Waals surface area contributed by atoms with E-state index in [-0.39, 0.29) is 5.91 Å². The summed E-state index contributed by atoms with van der Waals surface area (Å²) in [7, 11) is 0. The standard InChI is InChI=1S/C17H15NO/c1-12-13(2)18(16-11-7-6-10-15(12)16)17(19)14-8-4-3-5-9-14/h3-11H,1-2H3. The Balaban J connectivity index is 2.26. The first-order valence-electron chi connectivity index (χ1n) is 6.36. The summed E-state index contributed by atoms with van der Waals surface area (Å²) in [6.07, 6.45) is 0. The molecule has 3 rings (SSSR count). The van der Waals surface area contributed by atoms with Gasteiger partial charge in [-0.1, -0.05) is 36.4 Å². The fraction of sp³-hybridized carbons (Fsp3) is 0.118. The van der Waals surface area contributed by atoms with Crippen LogP contribution in [0.5, 0.6) is 0 Å². The zero-order valence-electron chi connectivity index (χ0n) is 11.1.